The molecule has 7 heteroatoms. The molecule has 6 nitrogen and oxygen atoms in total. The highest BCUT2D eigenvalue weighted by Crippen LogP contribution is 2.27. The van der Waals surface area contributed by atoms with Crippen LogP contribution in [0.2, 0.25) is 0 Å². The topological polar surface area (TPSA) is 47.1 Å². The van der Waals surface area contributed by atoms with Gasteiger partial charge in [-0.1, -0.05) is 17.7 Å². The summed E-state index contributed by atoms with van der Waals surface area (Å²) in [4.78, 5) is 32.8. The molecule has 4 rings (SSSR count). The maximum absolute atomic E-state index is 12.3. The van der Waals surface area contributed by atoms with Gasteiger partial charge in [0.15, 0.2) is 0 Å². The van der Waals surface area contributed by atoms with E-state index in [2.05, 4.69) is 41.0 Å². The predicted octanol–water partition coefficient (Wildman–Crippen LogP) is 2.36. The van der Waals surface area contributed by atoms with Gasteiger partial charge in [0.05, 0.1) is 0 Å². The first-order chi connectivity index (χ1) is 12.6. The highest BCUT2D eigenvalue weighted by molar-refractivity contribution is 6.04. The van der Waals surface area contributed by atoms with Gasteiger partial charge in [0.1, 0.15) is 6.04 Å². The number of aryl methyl sites for hydroxylation is 1. The Morgan fingerprint density at radius 2 is 1.67 bits per heavy atom. The molecule has 3 aliphatic heterocycles. The summed E-state index contributed by atoms with van der Waals surface area (Å²) in [5.41, 5.74) is 2.59. The standard InChI is InChI=1S/C20H28N4O2.ClH/c1-16-5-7-17(8-6-16)22-14-12-21(13-15-22)9-3-11-24-19(25)18-4-2-10-23(18)20(24)26;/h5-8,18H,2-4,9-15H2,1H3;1H. The Morgan fingerprint density at radius 3 is 2.33 bits per heavy atom. The Labute approximate surface area is 167 Å². The van der Waals surface area contributed by atoms with Crippen LogP contribution in [0.3, 0.4) is 0 Å². The summed E-state index contributed by atoms with van der Waals surface area (Å²) in [6.45, 7) is 8.48. The lowest BCUT2D eigenvalue weighted by Crippen LogP contribution is -2.47. The van der Waals surface area contributed by atoms with Crippen molar-refractivity contribution in [2.24, 2.45) is 0 Å². The van der Waals surface area contributed by atoms with Gasteiger partial charge in [-0.15, -0.1) is 12.4 Å². The summed E-state index contributed by atoms with van der Waals surface area (Å²) in [6, 6.07) is 8.49. The van der Waals surface area contributed by atoms with Crippen molar-refractivity contribution in [2.75, 3.05) is 50.7 Å². The van der Waals surface area contributed by atoms with Gasteiger partial charge in [0.2, 0.25) is 0 Å². The maximum Gasteiger partial charge on any atom is 0.327 e. The molecule has 3 saturated heterocycles. The van der Waals surface area contributed by atoms with Crippen molar-refractivity contribution in [1.82, 2.24) is 14.7 Å². The minimum atomic E-state index is -0.166. The Balaban J connectivity index is 0.00000210. The Bertz CT molecular complexity index is 651. The van der Waals surface area contributed by atoms with Gasteiger partial charge in [-0.25, -0.2) is 4.79 Å². The van der Waals surface area contributed by atoms with Gasteiger partial charge in [-0.3, -0.25) is 14.6 Å². The quantitative estimate of drug-likeness (QED) is 0.722. The van der Waals surface area contributed by atoms with E-state index in [1.165, 1.54) is 16.2 Å². The van der Waals surface area contributed by atoms with Crippen LogP contribution in [0, 0.1) is 6.92 Å². The molecule has 0 aliphatic carbocycles. The summed E-state index contributed by atoms with van der Waals surface area (Å²) >= 11 is 0. The minimum Gasteiger partial charge on any atom is -0.369 e. The second-order valence-corrected chi connectivity index (χ2v) is 7.64. The number of urea groups is 1. The van der Waals surface area contributed by atoms with Crippen LogP contribution in [-0.4, -0.2) is 78.5 Å². The molecule has 1 atom stereocenters. The van der Waals surface area contributed by atoms with Gasteiger partial charge in [0, 0.05) is 45.0 Å². The molecule has 0 radical (unpaired) electrons. The molecule has 3 fully saturated rings. The van der Waals surface area contributed by atoms with Gasteiger partial charge in [-0.2, -0.15) is 0 Å². The zero-order valence-electron chi connectivity index (χ0n) is 16.0. The number of hydrogen-bond acceptors (Lipinski definition) is 4. The van der Waals surface area contributed by atoms with Crippen LogP contribution >= 0.6 is 12.4 Å². The van der Waals surface area contributed by atoms with Gasteiger partial charge in [0.25, 0.3) is 5.91 Å². The van der Waals surface area contributed by atoms with Crippen molar-refractivity contribution < 1.29 is 9.59 Å². The van der Waals surface area contributed by atoms with E-state index in [0.717, 1.165) is 58.5 Å². The molecular formula is C20H29ClN4O2. The van der Waals surface area contributed by atoms with Crippen LogP contribution in [0.5, 0.6) is 0 Å². The molecule has 0 N–H and O–H groups in total. The number of anilines is 1. The van der Waals surface area contributed by atoms with Crippen molar-refractivity contribution in [1.29, 1.82) is 0 Å². The number of piperazine rings is 1. The van der Waals surface area contributed by atoms with Crippen LogP contribution < -0.4 is 4.90 Å². The zero-order valence-corrected chi connectivity index (χ0v) is 16.8. The molecule has 1 aromatic carbocycles. The van der Waals surface area contributed by atoms with Gasteiger partial charge >= 0.3 is 6.03 Å². The summed E-state index contributed by atoms with van der Waals surface area (Å²) in [5.74, 6) is 0.0247. The number of rotatable bonds is 5. The summed E-state index contributed by atoms with van der Waals surface area (Å²) < 4.78 is 0. The Hall–Kier alpha value is -1.79. The first-order valence-corrected chi connectivity index (χ1v) is 9.79. The van der Waals surface area contributed by atoms with E-state index in [1.54, 1.807) is 4.90 Å². The highest BCUT2D eigenvalue weighted by Gasteiger charge is 2.46. The van der Waals surface area contributed by atoms with E-state index < -0.39 is 0 Å². The van der Waals surface area contributed by atoms with Gasteiger partial charge < -0.3 is 9.80 Å². The second kappa shape index (κ2) is 8.48. The lowest BCUT2D eigenvalue weighted by atomic mass is 10.2. The van der Waals surface area contributed by atoms with E-state index in [9.17, 15) is 9.59 Å². The van der Waals surface area contributed by atoms with E-state index in [-0.39, 0.29) is 30.4 Å². The number of carbonyl (C=O) groups excluding carboxylic acids is 2. The number of imide groups is 1. The molecule has 3 aliphatic rings. The SMILES string of the molecule is Cc1ccc(N2CCN(CCCN3C(=O)C4CCCN4C3=O)CC2)cc1.Cl. The highest BCUT2D eigenvalue weighted by atomic mass is 35.5. The van der Waals surface area contributed by atoms with Crippen LogP contribution in [0.25, 0.3) is 0 Å². The number of nitrogens with zero attached hydrogens (tertiary/aromatic N) is 4. The zero-order chi connectivity index (χ0) is 18.1. The molecule has 3 amide bonds. The second-order valence-electron chi connectivity index (χ2n) is 7.64. The van der Waals surface area contributed by atoms with E-state index >= 15 is 0 Å². The lowest BCUT2D eigenvalue weighted by Gasteiger charge is -2.36. The summed E-state index contributed by atoms with van der Waals surface area (Å²) in [6.07, 6.45) is 2.66. The average Bonchev–Trinajstić information content (AvgIpc) is 3.22. The molecule has 0 saturated carbocycles. The van der Waals surface area contributed by atoms with Crippen LogP contribution in [0.4, 0.5) is 10.5 Å². The number of hydrogen-bond donors (Lipinski definition) is 0. The third-order valence-electron chi connectivity index (χ3n) is 5.91. The minimum absolute atomic E-state index is 0. The molecule has 1 unspecified atom stereocenters. The first-order valence-electron chi connectivity index (χ1n) is 9.79. The van der Waals surface area contributed by atoms with Crippen LogP contribution in [0.1, 0.15) is 24.8 Å². The van der Waals surface area contributed by atoms with E-state index in [1.807, 2.05) is 0 Å². The maximum atomic E-state index is 12.3. The normalized spacial score (nSPS) is 23.0. The Kier molecular flexibility index (Phi) is 6.27. The van der Waals surface area contributed by atoms with E-state index in [0.29, 0.717) is 6.54 Å². The third-order valence-corrected chi connectivity index (χ3v) is 5.91. The van der Waals surface area contributed by atoms with Crippen molar-refractivity contribution in [3.63, 3.8) is 0 Å². The van der Waals surface area contributed by atoms with Crippen molar-refractivity contribution in [3.8, 4) is 0 Å². The monoisotopic (exact) mass is 392 g/mol. The third kappa shape index (κ3) is 4.06. The lowest BCUT2D eigenvalue weighted by molar-refractivity contribution is -0.128. The largest absolute Gasteiger partial charge is 0.369 e. The molecular weight excluding hydrogens is 364 g/mol. The van der Waals surface area contributed by atoms with Crippen molar-refractivity contribution in [2.45, 2.75) is 32.2 Å². The number of carbonyl (C=O) groups is 2. The summed E-state index contributed by atoms with van der Waals surface area (Å²) in [7, 11) is 0. The molecule has 0 spiro atoms. The predicted molar refractivity (Wildman–Crippen MR) is 109 cm³/mol. The molecule has 27 heavy (non-hydrogen) atoms. The fourth-order valence-electron chi connectivity index (χ4n) is 4.33. The number of fused-ring (bicyclic) bond motifs is 1. The number of amides is 3. The Morgan fingerprint density at radius 1 is 0.963 bits per heavy atom. The smallest absolute Gasteiger partial charge is 0.327 e. The fourth-order valence-corrected chi connectivity index (χ4v) is 4.33. The van der Waals surface area contributed by atoms with Crippen molar-refractivity contribution >= 4 is 30.0 Å². The average molecular weight is 393 g/mol. The van der Waals surface area contributed by atoms with Crippen LogP contribution in [0.15, 0.2) is 24.3 Å². The molecule has 0 aromatic heterocycles. The molecule has 0 bridgehead atoms. The van der Waals surface area contributed by atoms with Gasteiger partial charge in [-0.05, 0) is 44.9 Å². The first kappa shape index (κ1) is 20.0. The molecule has 1 aromatic rings. The number of halogens is 1. The van der Waals surface area contributed by atoms with E-state index in [4.69, 9.17) is 0 Å². The molecule has 148 valence electrons. The van der Waals surface area contributed by atoms with Crippen LogP contribution in [-0.2, 0) is 4.79 Å². The van der Waals surface area contributed by atoms with Crippen molar-refractivity contribution in [3.05, 3.63) is 29.8 Å². The fraction of sp³-hybridized carbons (Fsp3) is 0.600. The summed E-state index contributed by atoms with van der Waals surface area (Å²) in [5, 5.41) is 0. The number of benzene rings is 1. The molecule has 3 heterocycles.